The van der Waals surface area contributed by atoms with Gasteiger partial charge in [0.25, 0.3) is 5.91 Å². The van der Waals surface area contributed by atoms with E-state index < -0.39 is 5.91 Å². The topological polar surface area (TPSA) is 98.1 Å². The summed E-state index contributed by atoms with van der Waals surface area (Å²) in [4.78, 5) is 28.4. The van der Waals surface area contributed by atoms with Gasteiger partial charge in [0.2, 0.25) is 5.91 Å². The number of methoxy groups -OCH3 is 1. The van der Waals surface area contributed by atoms with Crippen molar-refractivity contribution in [1.29, 1.82) is 0 Å². The number of benzene rings is 2. The molecule has 2 aromatic heterocycles. The number of thiazole rings is 1. The molecule has 0 spiro atoms. The van der Waals surface area contributed by atoms with Crippen LogP contribution in [0.15, 0.2) is 66.2 Å². The maximum atomic E-state index is 12.8. The standard InChI is InChI=1S/C23H21N5O3S/c1-15(29)24-12-16-8-10-17(11-9-16)19-14-32-23(25-19)26-22(30)21-20(31-2)13-28(27-21)18-6-4-3-5-7-18/h3-11,13-14H,12H2,1-2H3,(H,24,29)(H,25,26,30). The summed E-state index contributed by atoms with van der Waals surface area (Å²) in [6, 6.07) is 17.2. The van der Waals surface area contributed by atoms with Crippen LogP contribution in [0.4, 0.5) is 5.13 Å². The molecule has 0 radical (unpaired) electrons. The van der Waals surface area contributed by atoms with Crippen molar-refractivity contribution in [3.63, 3.8) is 0 Å². The second-order valence-electron chi connectivity index (χ2n) is 6.92. The number of nitrogens with zero attached hydrogens (tertiary/aromatic N) is 3. The molecular formula is C23H21N5O3S. The minimum atomic E-state index is -0.400. The van der Waals surface area contributed by atoms with Crippen molar-refractivity contribution >= 4 is 28.3 Å². The number of para-hydroxylation sites is 1. The molecule has 0 fully saturated rings. The van der Waals surface area contributed by atoms with Crippen molar-refractivity contribution < 1.29 is 14.3 Å². The lowest BCUT2D eigenvalue weighted by atomic mass is 10.1. The Morgan fingerprint density at radius 1 is 1.09 bits per heavy atom. The first-order valence-electron chi connectivity index (χ1n) is 9.83. The summed E-state index contributed by atoms with van der Waals surface area (Å²) in [5.74, 6) is -0.0971. The fourth-order valence-corrected chi connectivity index (χ4v) is 3.73. The summed E-state index contributed by atoms with van der Waals surface area (Å²) in [6.07, 6.45) is 1.67. The molecule has 0 saturated carbocycles. The zero-order valence-corrected chi connectivity index (χ0v) is 18.3. The maximum Gasteiger partial charge on any atom is 0.281 e. The van der Waals surface area contributed by atoms with E-state index in [2.05, 4.69) is 20.7 Å². The zero-order chi connectivity index (χ0) is 22.5. The van der Waals surface area contributed by atoms with Gasteiger partial charge in [-0.25, -0.2) is 9.67 Å². The Hall–Kier alpha value is -3.98. The van der Waals surface area contributed by atoms with E-state index in [0.29, 0.717) is 17.4 Å². The fourth-order valence-electron chi connectivity index (χ4n) is 3.02. The predicted octanol–water partition coefficient (Wildman–Crippen LogP) is 3.89. The smallest absolute Gasteiger partial charge is 0.281 e. The Balaban J connectivity index is 1.47. The van der Waals surface area contributed by atoms with E-state index in [1.54, 1.807) is 10.9 Å². The second-order valence-corrected chi connectivity index (χ2v) is 7.78. The van der Waals surface area contributed by atoms with Crippen molar-refractivity contribution in [2.75, 3.05) is 12.4 Å². The van der Waals surface area contributed by atoms with Crippen molar-refractivity contribution in [1.82, 2.24) is 20.1 Å². The van der Waals surface area contributed by atoms with Gasteiger partial charge in [0, 0.05) is 24.4 Å². The average molecular weight is 448 g/mol. The van der Waals surface area contributed by atoms with Gasteiger partial charge < -0.3 is 10.1 Å². The van der Waals surface area contributed by atoms with Crippen LogP contribution in [-0.2, 0) is 11.3 Å². The van der Waals surface area contributed by atoms with E-state index in [-0.39, 0.29) is 11.6 Å². The van der Waals surface area contributed by atoms with E-state index in [9.17, 15) is 9.59 Å². The van der Waals surface area contributed by atoms with Crippen LogP contribution in [0.25, 0.3) is 16.9 Å². The summed E-state index contributed by atoms with van der Waals surface area (Å²) in [7, 11) is 1.50. The number of amides is 2. The van der Waals surface area contributed by atoms with E-state index >= 15 is 0 Å². The molecule has 8 nitrogen and oxygen atoms in total. The van der Waals surface area contributed by atoms with E-state index in [0.717, 1.165) is 22.5 Å². The van der Waals surface area contributed by atoms with Gasteiger partial charge in [-0.15, -0.1) is 11.3 Å². The zero-order valence-electron chi connectivity index (χ0n) is 17.5. The third kappa shape index (κ3) is 4.84. The Morgan fingerprint density at radius 3 is 2.53 bits per heavy atom. The third-order valence-corrected chi connectivity index (χ3v) is 5.41. The highest BCUT2D eigenvalue weighted by atomic mass is 32.1. The summed E-state index contributed by atoms with van der Waals surface area (Å²) in [5, 5.41) is 12.3. The summed E-state index contributed by atoms with van der Waals surface area (Å²) >= 11 is 1.33. The Morgan fingerprint density at radius 2 is 1.84 bits per heavy atom. The summed E-state index contributed by atoms with van der Waals surface area (Å²) in [5.41, 5.74) is 3.66. The number of hydrogen-bond donors (Lipinski definition) is 2. The largest absolute Gasteiger partial charge is 0.493 e. The van der Waals surface area contributed by atoms with Gasteiger partial charge in [0.1, 0.15) is 0 Å². The van der Waals surface area contributed by atoms with E-state index in [1.165, 1.54) is 25.4 Å². The number of aromatic nitrogens is 3. The van der Waals surface area contributed by atoms with Gasteiger partial charge in [-0.1, -0.05) is 42.5 Å². The fraction of sp³-hybridized carbons (Fsp3) is 0.130. The molecule has 2 aromatic carbocycles. The minimum absolute atomic E-state index is 0.0702. The molecule has 0 aliphatic carbocycles. The second kappa shape index (κ2) is 9.44. The van der Waals surface area contributed by atoms with Crippen LogP contribution in [0.2, 0.25) is 0 Å². The van der Waals surface area contributed by atoms with Crippen LogP contribution in [0.3, 0.4) is 0 Å². The molecule has 2 N–H and O–H groups in total. The molecule has 0 aliphatic heterocycles. The Kier molecular flexibility index (Phi) is 6.27. The molecule has 0 atom stereocenters. The van der Waals surface area contributed by atoms with Gasteiger partial charge in [0.05, 0.1) is 24.7 Å². The van der Waals surface area contributed by atoms with Crippen LogP contribution in [0, 0.1) is 0 Å². The molecule has 0 unspecified atom stereocenters. The number of rotatable bonds is 7. The first kappa shape index (κ1) is 21.3. The highest BCUT2D eigenvalue weighted by Crippen LogP contribution is 2.27. The van der Waals surface area contributed by atoms with Crippen LogP contribution in [0.1, 0.15) is 23.0 Å². The minimum Gasteiger partial charge on any atom is -0.493 e. The van der Waals surface area contributed by atoms with Gasteiger partial charge in [-0.05, 0) is 17.7 Å². The number of carbonyl (C=O) groups excluding carboxylic acids is 2. The molecule has 9 heteroatoms. The van der Waals surface area contributed by atoms with E-state index in [1.807, 2.05) is 60.0 Å². The van der Waals surface area contributed by atoms with Crippen molar-refractivity contribution in [3.05, 3.63) is 77.4 Å². The van der Waals surface area contributed by atoms with Gasteiger partial charge in [-0.2, -0.15) is 5.10 Å². The van der Waals surface area contributed by atoms with Crippen molar-refractivity contribution in [3.8, 4) is 22.7 Å². The van der Waals surface area contributed by atoms with Gasteiger partial charge in [-0.3, -0.25) is 14.9 Å². The Labute approximate surface area is 188 Å². The normalized spacial score (nSPS) is 10.6. The number of nitrogens with one attached hydrogen (secondary N) is 2. The predicted molar refractivity (Wildman–Crippen MR) is 123 cm³/mol. The molecule has 0 saturated heterocycles. The number of hydrogen-bond acceptors (Lipinski definition) is 6. The highest BCUT2D eigenvalue weighted by molar-refractivity contribution is 7.14. The average Bonchev–Trinajstić information content (AvgIpc) is 3.46. The van der Waals surface area contributed by atoms with Crippen molar-refractivity contribution in [2.24, 2.45) is 0 Å². The van der Waals surface area contributed by atoms with Crippen LogP contribution in [0.5, 0.6) is 5.75 Å². The quantitative estimate of drug-likeness (QED) is 0.448. The summed E-state index contributed by atoms with van der Waals surface area (Å²) < 4.78 is 6.94. The monoisotopic (exact) mass is 447 g/mol. The maximum absolute atomic E-state index is 12.8. The lowest BCUT2D eigenvalue weighted by Gasteiger charge is -2.03. The first-order valence-corrected chi connectivity index (χ1v) is 10.7. The number of carbonyl (C=O) groups is 2. The molecule has 4 aromatic rings. The van der Waals surface area contributed by atoms with Gasteiger partial charge >= 0.3 is 0 Å². The molecule has 4 rings (SSSR count). The van der Waals surface area contributed by atoms with Crippen LogP contribution >= 0.6 is 11.3 Å². The molecule has 162 valence electrons. The summed E-state index contributed by atoms with van der Waals surface area (Å²) in [6.45, 7) is 1.96. The van der Waals surface area contributed by atoms with Crippen molar-refractivity contribution in [2.45, 2.75) is 13.5 Å². The molecule has 0 aliphatic rings. The molecule has 2 heterocycles. The SMILES string of the molecule is COc1cn(-c2ccccc2)nc1C(=O)Nc1nc(-c2ccc(CNC(C)=O)cc2)cs1. The Bertz CT molecular complexity index is 1230. The van der Waals surface area contributed by atoms with Crippen LogP contribution < -0.4 is 15.4 Å². The first-order chi connectivity index (χ1) is 15.5. The highest BCUT2D eigenvalue weighted by Gasteiger charge is 2.20. The van der Waals surface area contributed by atoms with E-state index in [4.69, 9.17) is 4.74 Å². The third-order valence-electron chi connectivity index (χ3n) is 4.65. The lowest BCUT2D eigenvalue weighted by molar-refractivity contribution is -0.119. The van der Waals surface area contributed by atoms with Gasteiger partial charge in [0.15, 0.2) is 16.6 Å². The molecule has 0 bridgehead atoms. The number of ether oxygens (including phenoxy) is 1. The number of anilines is 1. The molecular weight excluding hydrogens is 426 g/mol. The molecule has 2 amide bonds. The molecule has 32 heavy (non-hydrogen) atoms. The van der Waals surface area contributed by atoms with Crippen LogP contribution in [-0.4, -0.2) is 33.7 Å². The lowest BCUT2D eigenvalue weighted by Crippen LogP contribution is -2.18.